The van der Waals surface area contributed by atoms with Crippen molar-refractivity contribution in [2.75, 3.05) is 30.4 Å². The maximum atomic E-state index is 13.1. The van der Waals surface area contributed by atoms with E-state index in [0.29, 0.717) is 36.5 Å². The molecule has 32 heavy (non-hydrogen) atoms. The molecule has 168 valence electrons. The van der Waals surface area contributed by atoms with Gasteiger partial charge in [0, 0.05) is 12.2 Å². The van der Waals surface area contributed by atoms with Gasteiger partial charge in [-0.1, -0.05) is 24.3 Å². The number of methoxy groups -OCH3 is 1. The van der Waals surface area contributed by atoms with Gasteiger partial charge in [-0.25, -0.2) is 4.79 Å². The molecule has 2 aromatic carbocycles. The van der Waals surface area contributed by atoms with Crippen molar-refractivity contribution in [1.82, 2.24) is 4.90 Å². The second-order valence-electron chi connectivity index (χ2n) is 7.66. The van der Waals surface area contributed by atoms with Gasteiger partial charge in [-0.2, -0.15) is 0 Å². The van der Waals surface area contributed by atoms with E-state index in [9.17, 15) is 14.4 Å². The quantitative estimate of drug-likeness (QED) is 0.479. The van der Waals surface area contributed by atoms with Gasteiger partial charge in [-0.3, -0.25) is 14.5 Å². The van der Waals surface area contributed by atoms with E-state index in [-0.39, 0.29) is 19.2 Å². The Kier molecular flexibility index (Phi) is 7.49. The number of amides is 3. The van der Waals surface area contributed by atoms with Crippen LogP contribution in [0.25, 0.3) is 0 Å². The highest BCUT2D eigenvalue weighted by atomic mass is 16.6. The molecule has 1 heterocycles. The molecule has 1 atom stereocenters. The number of carbonyl (C=O) groups excluding carboxylic acids is 3. The lowest BCUT2D eigenvalue weighted by atomic mass is 10.1. The van der Waals surface area contributed by atoms with Gasteiger partial charge in [0.1, 0.15) is 12.4 Å². The lowest BCUT2D eigenvalue weighted by molar-refractivity contribution is -0.118. The summed E-state index contributed by atoms with van der Waals surface area (Å²) in [5.74, 6) is 0.687. The van der Waals surface area contributed by atoms with Crippen molar-refractivity contribution < 1.29 is 23.9 Å². The summed E-state index contributed by atoms with van der Waals surface area (Å²) in [4.78, 5) is 38.4. The van der Waals surface area contributed by atoms with Gasteiger partial charge < -0.3 is 19.7 Å². The smallest absolute Gasteiger partial charge is 0.414 e. The van der Waals surface area contributed by atoms with Gasteiger partial charge in [-0.05, 0) is 54.8 Å². The average Bonchev–Trinajstić information content (AvgIpc) is 3.16. The fourth-order valence-corrected chi connectivity index (χ4v) is 3.72. The van der Waals surface area contributed by atoms with Crippen molar-refractivity contribution in [3.8, 4) is 5.75 Å². The zero-order chi connectivity index (χ0) is 23.1. The number of likely N-dealkylation sites (tertiary alicyclic amines) is 1. The van der Waals surface area contributed by atoms with Crippen LogP contribution in [0.5, 0.6) is 5.75 Å². The standard InChI is InChI=1S/C24H27N3O5/c1-17-10-21(26(12-17)16-29)13-27(23-9-8-22(31-3)11-18(23)2)24(30)32-14-19-4-6-20(7-5-19)25-15-28/h4-9,11,15-16,21H,1,10,12-14H2,2-3H3,(H,25,28). The highest BCUT2D eigenvalue weighted by Crippen LogP contribution is 2.28. The molecule has 0 spiro atoms. The average molecular weight is 437 g/mol. The van der Waals surface area contributed by atoms with Gasteiger partial charge in [0.2, 0.25) is 12.8 Å². The van der Waals surface area contributed by atoms with Crippen molar-refractivity contribution in [3.05, 3.63) is 65.7 Å². The van der Waals surface area contributed by atoms with Crippen molar-refractivity contribution in [2.45, 2.75) is 26.0 Å². The largest absolute Gasteiger partial charge is 0.497 e. The molecule has 1 aliphatic rings. The summed E-state index contributed by atoms with van der Waals surface area (Å²) in [6.45, 7) is 6.72. The maximum Gasteiger partial charge on any atom is 0.414 e. The maximum absolute atomic E-state index is 13.1. The Morgan fingerprint density at radius 2 is 2.00 bits per heavy atom. The summed E-state index contributed by atoms with van der Waals surface area (Å²) < 4.78 is 10.9. The number of hydrogen-bond acceptors (Lipinski definition) is 5. The van der Waals surface area contributed by atoms with E-state index in [1.165, 1.54) is 0 Å². The number of rotatable bonds is 9. The lowest BCUT2D eigenvalue weighted by Crippen LogP contribution is -2.43. The number of benzene rings is 2. The molecule has 3 rings (SSSR count). The molecule has 1 fully saturated rings. The molecule has 0 bridgehead atoms. The van der Waals surface area contributed by atoms with E-state index < -0.39 is 6.09 Å². The monoisotopic (exact) mass is 437 g/mol. The molecule has 0 saturated carbocycles. The van der Waals surface area contributed by atoms with Crippen LogP contribution < -0.4 is 15.0 Å². The van der Waals surface area contributed by atoms with Crippen LogP contribution in [0.3, 0.4) is 0 Å². The molecule has 1 unspecified atom stereocenters. The fourth-order valence-electron chi connectivity index (χ4n) is 3.72. The molecule has 8 nitrogen and oxygen atoms in total. The number of carbonyl (C=O) groups is 3. The van der Waals surface area contributed by atoms with E-state index in [1.54, 1.807) is 47.2 Å². The minimum absolute atomic E-state index is 0.0701. The van der Waals surface area contributed by atoms with Gasteiger partial charge in [0.15, 0.2) is 0 Å². The van der Waals surface area contributed by atoms with Crippen LogP contribution in [0.1, 0.15) is 17.5 Å². The number of nitrogens with one attached hydrogen (secondary N) is 1. The number of anilines is 2. The van der Waals surface area contributed by atoms with Gasteiger partial charge in [0.25, 0.3) is 0 Å². The Morgan fingerprint density at radius 1 is 1.25 bits per heavy atom. The third kappa shape index (κ3) is 5.46. The molecule has 1 N–H and O–H groups in total. The zero-order valence-corrected chi connectivity index (χ0v) is 18.2. The minimum Gasteiger partial charge on any atom is -0.497 e. The van der Waals surface area contributed by atoms with E-state index in [4.69, 9.17) is 9.47 Å². The van der Waals surface area contributed by atoms with E-state index in [2.05, 4.69) is 11.9 Å². The van der Waals surface area contributed by atoms with E-state index in [1.807, 2.05) is 19.1 Å². The molecular formula is C24H27N3O5. The number of nitrogens with zero attached hydrogens (tertiary/aromatic N) is 2. The number of ether oxygens (including phenoxy) is 2. The first-order chi connectivity index (χ1) is 15.4. The summed E-state index contributed by atoms with van der Waals surface area (Å²) >= 11 is 0. The van der Waals surface area contributed by atoms with Crippen LogP contribution in [0.15, 0.2) is 54.6 Å². The zero-order valence-electron chi connectivity index (χ0n) is 18.2. The van der Waals surface area contributed by atoms with Crippen LogP contribution in [0, 0.1) is 6.92 Å². The molecule has 1 aliphatic heterocycles. The first kappa shape index (κ1) is 22.9. The van der Waals surface area contributed by atoms with Gasteiger partial charge in [-0.15, -0.1) is 0 Å². The van der Waals surface area contributed by atoms with Crippen LogP contribution in [0.4, 0.5) is 16.2 Å². The first-order valence-electron chi connectivity index (χ1n) is 10.2. The molecule has 0 aliphatic carbocycles. The Hall–Kier alpha value is -3.81. The van der Waals surface area contributed by atoms with Crippen LogP contribution >= 0.6 is 0 Å². The second-order valence-corrected chi connectivity index (χ2v) is 7.66. The van der Waals surface area contributed by atoms with Crippen LogP contribution in [0.2, 0.25) is 0 Å². The number of aryl methyl sites for hydroxylation is 1. The van der Waals surface area contributed by atoms with E-state index >= 15 is 0 Å². The SMILES string of the molecule is C=C1CC(CN(C(=O)OCc2ccc(NC=O)cc2)c2ccc(OC)cc2C)N(C=O)C1. The van der Waals surface area contributed by atoms with Crippen molar-refractivity contribution in [1.29, 1.82) is 0 Å². The molecule has 0 radical (unpaired) electrons. The molecule has 3 amide bonds. The van der Waals surface area contributed by atoms with Crippen LogP contribution in [-0.2, 0) is 20.9 Å². The Balaban J connectivity index is 1.79. The lowest BCUT2D eigenvalue weighted by Gasteiger charge is -2.29. The Bertz CT molecular complexity index is 990. The number of hydrogen-bond donors (Lipinski definition) is 1. The Labute approximate surface area is 187 Å². The normalized spacial score (nSPS) is 15.2. The molecular weight excluding hydrogens is 410 g/mol. The highest BCUT2D eigenvalue weighted by Gasteiger charge is 2.31. The highest BCUT2D eigenvalue weighted by molar-refractivity contribution is 5.89. The third-order valence-corrected chi connectivity index (χ3v) is 5.39. The Morgan fingerprint density at radius 3 is 2.62 bits per heavy atom. The van der Waals surface area contributed by atoms with Crippen molar-refractivity contribution in [2.24, 2.45) is 0 Å². The summed E-state index contributed by atoms with van der Waals surface area (Å²) in [6.07, 6.45) is 1.51. The van der Waals surface area contributed by atoms with Gasteiger partial charge in [0.05, 0.1) is 25.4 Å². The fraction of sp³-hybridized carbons (Fsp3) is 0.292. The summed E-state index contributed by atoms with van der Waals surface area (Å²) in [7, 11) is 1.59. The predicted octanol–water partition coefficient (Wildman–Crippen LogP) is 3.50. The molecule has 1 saturated heterocycles. The third-order valence-electron chi connectivity index (χ3n) is 5.39. The second kappa shape index (κ2) is 10.5. The first-order valence-corrected chi connectivity index (χ1v) is 10.2. The molecule has 2 aromatic rings. The minimum atomic E-state index is -0.517. The molecule has 8 heteroatoms. The van der Waals surface area contributed by atoms with E-state index in [0.717, 1.165) is 23.1 Å². The predicted molar refractivity (Wildman–Crippen MR) is 122 cm³/mol. The summed E-state index contributed by atoms with van der Waals surface area (Å²) in [5.41, 5.74) is 3.92. The van der Waals surface area contributed by atoms with Gasteiger partial charge >= 0.3 is 6.09 Å². The van der Waals surface area contributed by atoms with Crippen molar-refractivity contribution in [3.63, 3.8) is 0 Å². The summed E-state index contributed by atoms with van der Waals surface area (Å²) in [5, 5.41) is 2.56. The topological polar surface area (TPSA) is 88.2 Å². The van der Waals surface area contributed by atoms with Crippen LogP contribution in [-0.4, -0.2) is 50.1 Å². The van der Waals surface area contributed by atoms with Crippen molar-refractivity contribution >= 4 is 30.3 Å². The summed E-state index contributed by atoms with van der Waals surface area (Å²) in [6, 6.07) is 12.3. The molecule has 0 aromatic heterocycles.